The van der Waals surface area contributed by atoms with Crippen molar-refractivity contribution in [2.24, 2.45) is 5.16 Å². The third kappa shape index (κ3) is 4.72. The van der Waals surface area contributed by atoms with Gasteiger partial charge in [0.2, 0.25) is 0 Å². The van der Waals surface area contributed by atoms with Crippen LogP contribution in [0.5, 0.6) is 5.88 Å². The molecule has 0 N–H and O–H groups in total. The number of halogens is 2. The number of hydrogen-bond donors (Lipinski definition) is 0. The first-order chi connectivity index (χ1) is 14.0. The molecule has 0 aliphatic carbocycles. The Kier molecular flexibility index (Phi) is 6.46. The molecule has 0 aliphatic heterocycles. The van der Waals surface area contributed by atoms with Crippen LogP contribution in [0.3, 0.4) is 0 Å². The maximum atomic E-state index is 13.1. The summed E-state index contributed by atoms with van der Waals surface area (Å²) in [5.74, 6) is -0.800. The van der Waals surface area contributed by atoms with Crippen LogP contribution in [0.25, 0.3) is 5.69 Å². The van der Waals surface area contributed by atoms with Gasteiger partial charge in [-0.3, -0.25) is 0 Å². The number of aromatic nitrogens is 2. The summed E-state index contributed by atoms with van der Waals surface area (Å²) in [6.45, 7) is 0.0655. The van der Waals surface area contributed by atoms with Crippen LogP contribution in [0.15, 0.2) is 59.9 Å². The molecule has 29 heavy (non-hydrogen) atoms. The highest BCUT2D eigenvalue weighted by atomic mass is 35.5. The van der Waals surface area contributed by atoms with Crippen molar-refractivity contribution in [2.45, 2.75) is 6.61 Å². The first-order valence-corrected chi connectivity index (χ1v) is 8.83. The van der Waals surface area contributed by atoms with Crippen LogP contribution in [0.2, 0.25) is 5.02 Å². The molecule has 1 aromatic heterocycles. The van der Waals surface area contributed by atoms with E-state index in [0.29, 0.717) is 16.8 Å². The van der Waals surface area contributed by atoms with Gasteiger partial charge in [0.25, 0.3) is 5.88 Å². The highest BCUT2D eigenvalue weighted by Crippen LogP contribution is 2.25. The van der Waals surface area contributed by atoms with Gasteiger partial charge in [0.05, 0.1) is 19.0 Å². The van der Waals surface area contributed by atoms with Crippen LogP contribution >= 0.6 is 11.6 Å². The highest BCUT2D eigenvalue weighted by molar-refractivity contribution is 6.43. The molecule has 0 aliphatic rings. The highest BCUT2D eigenvalue weighted by Gasteiger charge is 2.20. The van der Waals surface area contributed by atoms with E-state index in [0.717, 1.165) is 0 Å². The Labute approximate surface area is 171 Å². The molecule has 0 saturated carbocycles. The lowest BCUT2D eigenvalue weighted by molar-refractivity contribution is -0.132. The molecule has 0 unspecified atom stereocenters. The molecule has 0 atom stereocenters. The Bertz CT molecular complexity index is 1030. The molecule has 1 heterocycles. The number of nitrogens with zero attached hydrogens (tertiary/aromatic N) is 3. The number of ether oxygens (including phenoxy) is 2. The van der Waals surface area contributed by atoms with Crippen molar-refractivity contribution >= 4 is 23.3 Å². The number of carbonyl (C=O) groups excluding carboxylic acids is 1. The Hall–Kier alpha value is -3.39. The van der Waals surface area contributed by atoms with E-state index >= 15 is 0 Å². The zero-order valence-electron chi connectivity index (χ0n) is 15.6. The molecule has 2 aromatic carbocycles. The number of hydrogen-bond acceptors (Lipinski definition) is 6. The van der Waals surface area contributed by atoms with E-state index in [-0.39, 0.29) is 29.0 Å². The van der Waals surface area contributed by atoms with Crippen molar-refractivity contribution in [1.82, 2.24) is 9.78 Å². The van der Waals surface area contributed by atoms with Crippen molar-refractivity contribution < 1.29 is 23.5 Å². The van der Waals surface area contributed by atoms with Gasteiger partial charge in [-0.25, -0.2) is 13.9 Å². The summed E-state index contributed by atoms with van der Waals surface area (Å²) in [4.78, 5) is 16.8. The number of benzene rings is 2. The smallest absolute Gasteiger partial charge is 0.360 e. The molecular formula is C20H17ClFN3O4. The van der Waals surface area contributed by atoms with Crippen molar-refractivity contribution in [3.63, 3.8) is 0 Å². The summed E-state index contributed by atoms with van der Waals surface area (Å²) in [7, 11) is 2.60. The largest absolute Gasteiger partial charge is 0.471 e. The molecule has 3 rings (SSSR count). The van der Waals surface area contributed by atoms with Gasteiger partial charge in [-0.15, -0.1) is 5.10 Å². The molecule has 0 bridgehead atoms. The number of carbonyl (C=O) groups is 1. The number of methoxy groups -OCH3 is 1. The van der Waals surface area contributed by atoms with Crippen LogP contribution < -0.4 is 4.74 Å². The molecule has 0 fully saturated rings. The van der Waals surface area contributed by atoms with Crippen molar-refractivity contribution in [2.75, 3.05) is 14.2 Å². The fourth-order valence-corrected chi connectivity index (χ4v) is 2.75. The summed E-state index contributed by atoms with van der Waals surface area (Å²) in [6, 6.07) is 12.8. The van der Waals surface area contributed by atoms with Gasteiger partial charge >= 0.3 is 5.97 Å². The fraction of sp³-hybridized carbons (Fsp3) is 0.150. The monoisotopic (exact) mass is 417 g/mol. The molecule has 0 amide bonds. The summed E-state index contributed by atoms with van der Waals surface area (Å²) >= 11 is 6.22. The van der Waals surface area contributed by atoms with E-state index in [4.69, 9.17) is 25.9 Å². The number of oxime groups is 1. The van der Waals surface area contributed by atoms with Gasteiger partial charge in [0.1, 0.15) is 24.6 Å². The van der Waals surface area contributed by atoms with E-state index < -0.39 is 5.97 Å². The average Bonchev–Trinajstić information content (AvgIpc) is 3.11. The quantitative estimate of drug-likeness (QED) is 0.332. The fourth-order valence-electron chi connectivity index (χ4n) is 2.57. The van der Waals surface area contributed by atoms with Gasteiger partial charge in [-0.1, -0.05) is 41.0 Å². The van der Waals surface area contributed by atoms with Gasteiger partial charge in [-0.05, 0) is 29.8 Å². The maximum absolute atomic E-state index is 13.1. The molecule has 150 valence electrons. The Morgan fingerprint density at radius 1 is 1.17 bits per heavy atom. The number of esters is 1. The maximum Gasteiger partial charge on any atom is 0.360 e. The van der Waals surface area contributed by atoms with Gasteiger partial charge < -0.3 is 14.3 Å². The molecule has 7 nitrogen and oxygen atoms in total. The van der Waals surface area contributed by atoms with Gasteiger partial charge in [0.15, 0.2) is 5.71 Å². The second-order valence-corrected chi connectivity index (χ2v) is 6.17. The Balaban J connectivity index is 1.83. The molecule has 3 aromatic rings. The second kappa shape index (κ2) is 9.20. The summed E-state index contributed by atoms with van der Waals surface area (Å²) in [6.07, 6.45) is 1.56. The van der Waals surface area contributed by atoms with Crippen molar-refractivity contribution in [1.29, 1.82) is 0 Å². The first kappa shape index (κ1) is 20.3. The molecule has 0 spiro atoms. The second-order valence-electron chi connectivity index (χ2n) is 5.76. The average molecular weight is 418 g/mol. The zero-order chi connectivity index (χ0) is 20.8. The van der Waals surface area contributed by atoms with E-state index in [1.165, 1.54) is 31.0 Å². The van der Waals surface area contributed by atoms with Gasteiger partial charge in [0, 0.05) is 5.56 Å². The Morgan fingerprint density at radius 3 is 2.59 bits per heavy atom. The predicted octanol–water partition coefficient (Wildman–Crippen LogP) is 3.77. The summed E-state index contributed by atoms with van der Waals surface area (Å²) in [5, 5.41) is 8.32. The van der Waals surface area contributed by atoms with Crippen LogP contribution in [0.1, 0.15) is 11.1 Å². The lowest BCUT2D eigenvalue weighted by Gasteiger charge is -2.10. The number of rotatable bonds is 7. The molecule has 9 heteroatoms. The van der Waals surface area contributed by atoms with E-state index in [1.807, 2.05) is 0 Å². The molecule has 0 saturated heterocycles. The summed E-state index contributed by atoms with van der Waals surface area (Å²) < 4.78 is 25.1. The van der Waals surface area contributed by atoms with E-state index in [9.17, 15) is 9.18 Å². The van der Waals surface area contributed by atoms with Gasteiger partial charge in [-0.2, -0.15) is 0 Å². The topological polar surface area (TPSA) is 74.9 Å². The summed E-state index contributed by atoms with van der Waals surface area (Å²) in [5.41, 5.74) is 1.79. The third-order valence-corrected chi connectivity index (χ3v) is 4.19. The minimum absolute atomic E-state index is 0.0112. The van der Waals surface area contributed by atoms with Crippen LogP contribution in [0, 0.1) is 5.82 Å². The SMILES string of the molecule is CON=C(C(=O)OC)c1ccccc1COc1nn(-c2ccc(F)cc2)cc1Cl. The minimum Gasteiger partial charge on any atom is -0.471 e. The van der Waals surface area contributed by atoms with E-state index in [1.54, 1.807) is 42.6 Å². The molecule has 0 radical (unpaired) electrons. The molecular weight excluding hydrogens is 401 g/mol. The third-order valence-electron chi connectivity index (χ3n) is 3.93. The van der Waals surface area contributed by atoms with Crippen LogP contribution in [-0.4, -0.2) is 35.7 Å². The van der Waals surface area contributed by atoms with Crippen molar-refractivity contribution in [3.05, 3.63) is 76.7 Å². The van der Waals surface area contributed by atoms with Crippen LogP contribution in [-0.2, 0) is 21.0 Å². The lowest BCUT2D eigenvalue weighted by atomic mass is 10.0. The van der Waals surface area contributed by atoms with Crippen LogP contribution in [0.4, 0.5) is 4.39 Å². The van der Waals surface area contributed by atoms with E-state index in [2.05, 4.69) is 10.3 Å². The standard InChI is InChI=1S/C20H17ClFN3O4/c1-27-20(26)18(24-28-2)16-6-4-3-5-13(16)12-29-19-17(21)11-25(23-19)15-9-7-14(22)8-10-15/h3-11H,12H2,1-2H3. The normalized spacial score (nSPS) is 11.2. The predicted molar refractivity (Wildman–Crippen MR) is 105 cm³/mol. The minimum atomic E-state index is -0.641. The van der Waals surface area contributed by atoms with Crippen molar-refractivity contribution in [3.8, 4) is 11.6 Å². The lowest BCUT2D eigenvalue weighted by Crippen LogP contribution is -2.19. The zero-order valence-corrected chi connectivity index (χ0v) is 16.4. The Morgan fingerprint density at radius 2 is 1.90 bits per heavy atom. The first-order valence-electron chi connectivity index (χ1n) is 8.45.